The highest BCUT2D eigenvalue weighted by molar-refractivity contribution is 5.94. The lowest BCUT2D eigenvalue weighted by Crippen LogP contribution is -2.19. The van der Waals surface area contributed by atoms with Gasteiger partial charge in [-0.15, -0.1) is 5.10 Å². The Balaban J connectivity index is 1.67. The first kappa shape index (κ1) is 19.8. The van der Waals surface area contributed by atoms with E-state index in [4.69, 9.17) is 0 Å². The summed E-state index contributed by atoms with van der Waals surface area (Å²) in [6, 6.07) is 14.1. The van der Waals surface area contributed by atoms with E-state index in [0.717, 1.165) is 44.9 Å². The van der Waals surface area contributed by atoms with E-state index in [1.807, 2.05) is 71.0 Å². The Bertz CT molecular complexity index is 1250. The van der Waals surface area contributed by atoms with Gasteiger partial charge in [-0.1, -0.05) is 42.0 Å². The van der Waals surface area contributed by atoms with Gasteiger partial charge in [-0.2, -0.15) is 4.98 Å². The normalized spacial score (nSPS) is 11.1. The standard InChI is InChI=1S/C24H25N5O/c1-14-8-6-11-19(12-14)23-27-24-25-17(4)20(18(5)29(24)28-23)13-21(30)26-22-15(2)9-7-10-16(22)3/h6-12H,13H2,1-5H3,(H,26,30). The van der Waals surface area contributed by atoms with Crippen molar-refractivity contribution in [2.45, 2.75) is 41.0 Å². The maximum Gasteiger partial charge on any atom is 0.253 e. The fourth-order valence-corrected chi connectivity index (χ4v) is 3.73. The summed E-state index contributed by atoms with van der Waals surface area (Å²) in [5.74, 6) is 1.10. The third-order valence-corrected chi connectivity index (χ3v) is 5.41. The van der Waals surface area contributed by atoms with E-state index in [0.29, 0.717) is 11.6 Å². The molecule has 6 heteroatoms. The van der Waals surface area contributed by atoms with Crippen LogP contribution in [0.15, 0.2) is 42.5 Å². The topological polar surface area (TPSA) is 72.2 Å². The Morgan fingerprint density at radius 2 is 1.67 bits per heavy atom. The highest BCUT2D eigenvalue weighted by Crippen LogP contribution is 2.22. The van der Waals surface area contributed by atoms with Crippen LogP contribution >= 0.6 is 0 Å². The van der Waals surface area contributed by atoms with Gasteiger partial charge in [0.25, 0.3) is 5.78 Å². The lowest BCUT2D eigenvalue weighted by Gasteiger charge is -2.13. The molecule has 0 spiro atoms. The number of aryl methyl sites for hydroxylation is 5. The summed E-state index contributed by atoms with van der Waals surface area (Å²) >= 11 is 0. The van der Waals surface area contributed by atoms with Crippen LogP contribution in [0.25, 0.3) is 17.2 Å². The van der Waals surface area contributed by atoms with E-state index >= 15 is 0 Å². The van der Waals surface area contributed by atoms with Crippen molar-refractivity contribution in [1.82, 2.24) is 19.6 Å². The fraction of sp³-hybridized carbons (Fsp3) is 0.250. The maximum atomic E-state index is 12.8. The predicted octanol–water partition coefficient (Wildman–Crippen LogP) is 4.51. The van der Waals surface area contributed by atoms with Crippen LogP contribution in [0.3, 0.4) is 0 Å². The van der Waals surface area contributed by atoms with Crippen molar-refractivity contribution >= 4 is 17.4 Å². The smallest absolute Gasteiger partial charge is 0.253 e. The molecule has 1 amide bonds. The monoisotopic (exact) mass is 399 g/mol. The van der Waals surface area contributed by atoms with Gasteiger partial charge in [-0.05, 0) is 51.8 Å². The number of benzene rings is 2. The van der Waals surface area contributed by atoms with Crippen molar-refractivity contribution in [2.24, 2.45) is 0 Å². The molecule has 0 saturated heterocycles. The van der Waals surface area contributed by atoms with Crippen LogP contribution < -0.4 is 5.32 Å². The lowest BCUT2D eigenvalue weighted by atomic mass is 10.1. The van der Waals surface area contributed by atoms with Gasteiger partial charge in [-0.25, -0.2) is 9.50 Å². The molecular weight excluding hydrogens is 374 g/mol. The molecule has 0 aliphatic heterocycles. The number of aromatic nitrogens is 4. The first-order valence-corrected chi connectivity index (χ1v) is 9.99. The van der Waals surface area contributed by atoms with Crippen LogP contribution in [0.2, 0.25) is 0 Å². The summed E-state index contributed by atoms with van der Waals surface area (Å²) in [6.07, 6.45) is 0.230. The Morgan fingerprint density at radius 1 is 0.967 bits per heavy atom. The summed E-state index contributed by atoms with van der Waals surface area (Å²) < 4.78 is 1.73. The summed E-state index contributed by atoms with van der Waals surface area (Å²) in [5, 5.41) is 7.71. The molecular formula is C24H25N5O. The molecule has 4 aromatic rings. The number of rotatable bonds is 4. The highest BCUT2D eigenvalue weighted by Gasteiger charge is 2.17. The van der Waals surface area contributed by atoms with Crippen LogP contribution in [0.5, 0.6) is 0 Å². The van der Waals surface area contributed by atoms with Gasteiger partial charge < -0.3 is 5.32 Å². The first-order valence-electron chi connectivity index (χ1n) is 9.99. The summed E-state index contributed by atoms with van der Waals surface area (Å²) in [5.41, 5.74) is 7.60. The summed E-state index contributed by atoms with van der Waals surface area (Å²) in [4.78, 5) is 22.0. The van der Waals surface area contributed by atoms with Crippen LogP contribution in [0, 0.1) is 34.6 Å². The molecule has 0 aliphatic carbocycles. The van der Waals surface area contributed by atoms with E-state index in [1.165, 1.54) is 0 Å². The fourth-order valence-electron chi connectivity index (χ4n) is 3.73. The van der Waals surface area contributed by atoms with Gasteiger partial charge in [0.15, 0.2) is 5.82 Å². The van der Waals surface area contributed by atoms with E-state index in [9.17, 15) is 4.79 Å². The quantitative estimate of drug-likeness (QED) is 0.548. The number of nitrogens with zero attached hydrogens (tertiary/aromatic N) is 4. The highest BCUT2D eigenvalue weighted by atomic mass is 16.1. The molecule has 2 aromatic carbocycles. The van der Waals surface area contributed by atoms with E-state index < -0.39 is 0 Å². The van der Waals surface area contributed by atoms with Crippen LogP contribution in [-0.4, -0.2) is 25.5 Å². The largest absolute Gasteiger partial charge is 0.325 e. The number of anilines is 1. The number of amides is 1. The summed E-state index contributed by atoms with van der Waals surface area (Å²) in [7, 11) is 0. The second-order valence-electron chi connectivity index (χ2n) is 7.77. The van der Waals surface area contributed by atoms with Gasteiger partial charge in [0.2, 0.25) is 5.91 Å². The Hall–Kier alpha value is -3.54. The van der Waals surface area contributed by atoms with Gasteiger partial charge in [0.1, 0.15) is 0 Å². The Labute approximate surface area is 176 Å². The zero-order valence-corrected chi connectivity index (χ0v) is 17.9. The minimum Gasteiger partial charge on any atom is -0.325 e. The van der Waals surface area contributed by atoms with Gasteiger partial charge in [-0.3, -0.25) is 4.79 Å². The molecule has 0 atom stereocenters. The number of hydrogen-bond acceptors (Lipinski definition) is 4. The van der Waals surface area contributed by atoms with Crippen molar-refractivity contribution in [1.29, 1.82) is 0 Å². The van der Waals surface area contributed by atoms with Crippen molar-refractivity contribution < 1.29 is 4.79 Å². The van der Waals surface area contributed by atoms with Crippen LogP contribution in [0.1, 0.15) is 33.6 Å². The number of carbonyl (C=O) groups is 1. The van der Waals surface area contributed by atoms with E-state index in [1.54, 1.807) is 4.52 Å². The van der Waals surface area contributed by atoms with Crippen LogP contribution in [-0.2, 0) is 11.2 Å². The third kappa shape index (κ3) is 3.68. The molecule has 0 radical (unpaired) electrons. The molecule has 152 valence electrons. The number of para-hydroxylation sites is 1. The lowest BCUT2D eigenvalue weighted by molar-refractivity contribution is -0.115. The number of nitrogens with one attached hydrogen (secondary N) is 1. The molecule has 0 bridgehead atoms. The SMILES string of the molecule is Cc1cccc(-c2nc3nc(C)c(CC(=O)Nc4c(C)cccc4C)c(C)n3n2)c1. The first-order chi connectivity index (χ1) is 14.3. The second kappa shape index (κ2) is 7.71. The zero-order valence-electron chi connectivity index (χ0n) is 17.9. The number of fused-ring (bicyclic) bond motifs is 1. The van der Waals surface area contributed by atoms with E-state index in [-0.39, 0.29) is 12.3 Å². The average molecular weight is 399 g/mol. The predicted molar refractivity (Wildman–Crippen MR) is 119 cm³/mol. The molecule has 0 saturated carbocycles. The second-order valence-corrected chi connectivity index (χ2v) is 7.77. The van der Waals surface area contributed by atoms with Crippen molar-refractivity contribution in [2.75, 3.05) is 5.32 Å². The molecule has 0 unspecified atom stereocenters. The Kier molecular flexibility index (Phi) is 5.08. The van der Waals surface area contributed by atoms with Crippen molar-refractivity contribution in [3.63, 3.8) is 0 Å². The molecule has 2 aromatic heterocycles. The van der Waals surface area contributed by atoms with Crippen molar-refractivity contribution in [3.8, 4) is 11.4 Å². The van der Waals surface area contributed by atoms with Gasteiger partial charge in [0.05, 0.1) is 6.42 Å². The molecule has 4 rings (SSSR count). The maximum absolute atomic E-state index is 12.8. The van der Waals surface area contributed by atoms with Crippen LogP contribution in [0.4, 0.5) is 5.69 Å². The minimum absolute atomic E-state index is 0.0706. The van der Waals surface area contributed by atoms with Gasteiger partial charge >= 0.3 is 0 Å². The Morgan fingerprint density at radius 3 is 2.37 bits per heavy atom. The molecule has 0 fully saturated rings. The van der Waals surface area contributed by atoms with Gasteiger partial charge in [0, 0.05) is 28.2 Å². The molecule has 0 aliphatic rings. The molecule has 1 N–H and O–H groups in total. The average Bonchev–Trinajstić information content (AvgIpc) is 3.12. The molecule has 30 heavy (non-hydrogen) atoms. The van der Waals surface area contributed by atoms with Crippen molar-refractivity contribution in [3.05, 3.63) is 76.1 Å². The molecule has 6 nitrogen and oxygen atoms in total. The third-order valence-electron chi connectivity index (χ3n) is 5.41. The summed E-state index contributed by atoms with van der Waals surface area (Å²) in [6.45, 7) is 9.90. The number of carbonyl (C=O) groups excluding carboxylic acids is 1. The zero-order chi connectivity index (χ0) is 21.4. The molecule has 2 heterocycles. The minimum atomic E-state index is -0.0706. The van der Waals surface area contributed by atoms with E-state index in [2.05, 4.69) is 26.4 Å². The number of hydrogen-bond donors (Lipinski definition) is 1.